The van der Waals surface area contributed by atoms with Crippen molar-refractivity contribution >= 4 is 11.8 Å². The van der Waals surface area contributed by atoms with Crippen molar-refractivity contribution in [3.05, 3.63) is 30.1 Å². The van der Waals surface area contributed by atoms with Gasteiger partial charge in [-0.3, -0.25) is 4.98 Å². The smallest absolute Gasteiger partial charge is 0.0868 e. The molecule has 2 rings (SSSR count). The summed E-state index contributed by atoms with van der Waals surface area (Å²) in [5, 5.41) is 9.81. The summed E-state index contributed by atoms with van der Waals surface area (Å²) in [6, 6.07) is 3.92. The van der Waals surface area contributed by atoms with E-state index in [0.717, 1.165) is 23.5 Å². The van der Waals surface area contributed by atoms with Gasteiger partial charge in [0.15, 0.2) is 0 Å². The van der Waals surface area contributed by atoms with Crippen molar-refractivity contribution in [3.63, 3.8) is 0 Å². The molecule has 0 spiro atoms. The van der Waals surface area contributed by atoms with Gasteiger partial charge in [0, 0.05) is 30.3 Å². The first-order valence-electron chi connectivity index (χ1n) is 3.98. The normalized spacial score (nSPS) is 20.1. The van der Waals surface area contributed by atoms with Crippen LogP contribution in [0.4, 0.5) is 0 Å². The number of aromatic nitrogens is 1. The van der Waals surface area contributed by atoms with Gasteiger partial charge in [0.05, 0.1) is 5.60 Å². The summed E-state index contributed by atoms with van der Waals surface area (Å²) < 4.78 is 0. The van der Waals surface area contributed by atoms with Crippen LogP contribution >= 0.6 is 11.8 Å². The Labute approximate surface area is 76.0 Å². The zero-order chi connectivity index (χ0) is 8.44. The van der Waals surface area contributed by atoms with E-state index in [4.69, 9.17) is 0 Å². The van der Waals surface area contributed by atoms with Crippen LogP contribution in [0, 0.1) is 0 Å². The van der Waals surface area contributed by atoms with Gasteiger partial charge in [-0.25, -0.2) is 0 Å². The third-order valence-corrected chi connectivity index (χ3v) is 3.48. The van der Waals surface area contributed by atoms with E-state index in [2.05, 4.69) is 4.98 Å². The topological polar surface area (TPSA) is 33.1 Å². The van der Waals surface area contributed by atoms with Crippen LogP contribution in [-0.2, 0) is 6.42 Å². The van der Waals surface area contributed by atoms with Crippen LogP contribution < -0.4 is 0 Å². The molecule has 0 radical (unpaired) electrons. The van der Waals surface area contributed by atoms with E-state index >= 15 is 0 Å². The lowest BCUT2D eigenvalue weighted by molar-refractivity contribution is 0.0792. The second kappa shape index (κ2) is 3.07. The first-order valence-corrected chi connectivity index (χ1v) is 5.13. The highest BCUT2D eigenvalue weighted by molar-refractivity contribution is 8.00. The number of rotatable bonds is 2. The summed E-state index contributed by atoms with van der Waals surface area (Å²) in [6.45, 7) is 0. The highest BCUT2D eigenvalue weighted by Gasteiger charge is 2.35. The molecule has 12 heavy (non-hydrogen) atoms. The molecule has 0 atom stereocenters. The third kappa shape index (κ3) is 1.62. The molecule has 1 fully saturated rings. The molecule has 64 valence electrons. The summed E-state index contributed by atoms with van der Waals surface area (Å²) >= 11 is 1.79. The minimum Gasteiger partial charge on any atom is -0.388 e. The summed E-state index contributed by atoms with van der Waals surface area (Å²) in [5.74, 6) is 1.73. The Bertz CT molecular complexity index is 258. The van der Waals surface area contributed by atoms with Crippen molar-refractivity contribution in [2.24, 2.45) is 0 Å². The van der Waals surface area contributed by atoms with Crippen molar-refractivity contribution in [3.8, 4) is 0 Å². The Morgan fingerprint density at radius 1 is 1.58 bits per heavy atom. The predicted octanol–water partition coefficient (Wildman–Crippen LogP) is 1.10. The number of aliphatic hydroxyl groups is 1. The second-order valence-corrected chi connectivity index (χ2v) is 4.24. The number of hydrogen-bond acceptors (Lipinski definition) is 3. The molecule has 3 heteroatoms. The van der Waals surface area contributed by atoms with E-state index in [9.17, 15) is 5.11 Å². The SMILES string of the molecule is OC1(Cc2cccnc2)CSC1. The second-order valence-electron chi connectivity index (χ2n) is 3.26. The van der Waals surface area contributed by atoms with Gasteiger partial charge in [0.1, 0.15) is 0 Å². The maximum absolute atomic E-state index is 9.81. The molecular formula is C9H11NOS. The molecule has 0 amide bonds. The largest absolute Gasteiger partial charge is 0.388 e. The first-order chi connectivity index (χ1) is 5.79. The maximum atomic E-state index is 9.81. The Morgan fingerprint density at radius 2 is 2.42 bits per heavy atom. The Morgan fingerprint density at radius 3 is 2.92 bits per heavy atom. The van der Waals surface area contributed by atoms with Crippen molar-refractivity contribution in [2.45, 2.75) is 12.0 Å². The van der Waals surface area contributed by atoms with E-state index in [1.807, 2.05) is 18.3 Å². The summed E-state index contributed by atoms with van der Waals surface area (Å²) in [6.07, 6.45) is 4.32. The van der Waals surface area contributed by atoms with Gasteiger partial charge < -0.3 is 5.11 Å². The van der Waals surface area contributed by atoms with Gasteiger partial charge in [-0.05, 0) is 11.6 Å². The Kier molecular flexibility index (Phi) is 2.07. The van der Waals surface area contributed by atoms with Crippen LogP contribution in [-0.4, -0.2) is 27.2 Å². The van der Waals surface area contributed by atoms with Crippen molar-refractivity contribution in [1.29, 1.82) is 0 Å². The van der Waals surface area contributed by atoms with E-state index in [0.29, 0.717) is 0 Å². The molecule has 1 N–H and O–H groups in total. The highest BCUT2D eigenvalue weighted by atomic mass is 32.2. The van der Waals surface area contributed by atoms with E-state index in [-0.39, 0.29) is 0 Å². The minimum absolute atomic E-state index is 0.451. The molecule has 0 aromatic carbocycles. The van der Waals surface area contributed by atoms with E-state index in [1.54, 1.807) is 18.0 Å². The van der Waals surface area contributed by atoms with Gasteiger partial charge in [-0.15, -0.1) is 0 Å². The number of hydrogen-bond donors (Lipinski definition) is 1. The first kappa shape index (κ1) is 8.08. The maximum Gasteiger partial charge on any atom is 0.0868 e. The fourth-order valence-electron chi connectivity index (χ4n) is 1.32. The third-order valence-electron chi connectivity index (χ3n) is 2.00. The minimum atomic E-state index is -0.451. The van der Waals surface area contributed by atoms with E-state index in [1.165, 1.54) is 0 Å². The van der Waals surface area contributed by atoms with Gasteiger partial charge in [0.2, 0.25) is 0 Å². The van der Waals surface area contributed by atoms with Crippen molar-refractivity contribution < 1.29 is 5.11 Å². The van der Waals surface area contributed by atoms with Crippen LogP contribution in [0.3, 0.4) is 0 Å². The van der Waals surface area contributed by atoms with Crippen molar-refractivity contribution in [2.75, 3.05) is 11.5 Å². The lowest BCUT2D eigenvalue weighted by atomic mass is 9.99. The fraction of sp³-hybridized carbons (Fsp3) is 0.444. The highest BCUT2D eigenvalue weighted by Crippen LogP contribution is 2.31. The average molecular weight is 181 g/mol. The number of pyridine rings is 1. The molecule has 1 aliphatic rings. The van der Waals surface area contributed by atoms with Gasteiger partial charge in [0.25, 0.3) is 0 Å². The monoisotopic (exact) mass is 181 g/mol. The molecule has 2 heterocycles. The predicted molar refractivity (Wildman–Crippen MR) is 50.2 cm³/mol. The lowest BCUT2D eigenvalue weighted by Gasteiger charge is -2.35. The van der Waals surface area contributed by atoms with Gasteiger partial charge in [-0.1, -0.05) is 6.07 Å². The molecule has 1 aromatic heterocycles. The number of nitrogens with zero attached hydrogens (tertiary/aromatic N) is 1. The van der Waals surface area contributed by atoms with Gasteiger partial charge >= 0.3 is 0 Å². The molecule has 1 aromatic rings. The van der Waals surface area contributed by atoms with E-state index < -0.39 is 5.60 Å². The average Bonchev–Trinajstić information content (AvgIpc) is 2.04. The van der Waals surface area contributed by atoms with Crippen LogP contribution in [0.15, 0.2) is 24.5 Å². The zero-order valence-corrected chi connectivity index (χ0v) is 7.55. The molecule has 0 unspecified atom stereocenters. The molecule has 0 bridgehead atoms. The quantitative estimate of drug-likeness (QED) is 0.741. The van der Waals surface area contributed by atoms with Crippen molar-refractivity contribution in [1.82, 2.24) is 4.98 Å². The number of thioether (sulfide) groups is 1. The van der Waals surface area contributed by atoms with Crippen LogP contribution in [0.1, 0.15) is 5.56 Å². The zero-order valence-electron chi connectivity index (χ0n) is 6.73. The van der Waals surface area contributed by atoms with Crippen LogP contribution in [0.5, 0.6) is 0 Å². The van der Waals surface area contributed by atoms with Crippen LogP contribution in [0.2, 0.25) is 0 Å². The Balaban J connectivity index is 2.04. The summed E-state index contributed by atoms with van der Waals surface area (Å²) in [5.41, 5.74) is 0.675. The molecule has 2 nitrogen and oxygen atoms in total. The molecule has 0 saturated carbocycles. The Hall–Kier alpha value is -0.540. The molecule has 1 saturated heterocycles. The lowest BCUT2D eigenvalue weighted by Crippen LogP contribution is -2.45. The summed E-state index contributed by atoms with van der Waals surface area (Å²) in [7, 11) is 0. The molecular weight excluding hydrogens is 170 g/mol. The molecule has 1 aliphatic heterocycles. The summed E-state index contributed by atoms with van der Waals surface area (Å²) in [4.78, 5) is 4.01. The standard InChI is InChI=1S/C9H11NOS/c11-9(6-12-7-9)4-8-2-1-3-10-5-8/h1-3,5,11H,4,6-7H2. The van der Waals surface area contributed by atoms with Gasteiger partial charge in [-0.2, -0.15) is 11.8 Å². The fourth-order valence-corrected chi connectivity index (χ4v) is 2.20. The van der Waals surface area contributed by atoms with Crippen LogP contribution in [0.25, 0.3) is 0 Å². The molecule has 0 aliphatic carbocycles.